The van der Waals surface area contributed by atoms with E-state index in [1.54, 1.807) is 11.3 Å². The molecular weight excluding hydrogens is 368 g/mol. The largest absolute Gasteiger partial charge is 0.464 e. The van der Waals surface area contributed by atoms with E-state index in [1.807, 2.05) is 49.3 Å². The van der Waals surface area contributed by atoms with Crippen LogP contribution < -0.4 is 0 Å². The molecule has 0 saturated carbocycles. The molecule has 4 rings (SSSR count). The van der Waals surface area contributed by atoms with Crippen molar-refractivity contribution >= 4 is 29.4 Å². The van der Waals surface area contributed by atoms with Crippen molar-refractivity contribution in [1.29, 1.82) is 0 Å². The van der Waals surface area contributed by atoms with Gasteiger partial charge in [-0.1, -0.05) is 36.4 Å². The van der Waals surface area contributed by atoms with E-state index in [0.717, 1.165) is 45.4 Å². The van der Waals surface area contributed by atoms with Crippen LogP contribution in [0.15, 0.2) is 52.9 Å². The standard InChI is InChI=1S/C23H24N2O2S/c1-24(2)16-19-14-18-15-25(13-12-21(18)27-19)23(26)22-11-10-20(28-22)9-8-17-6-4-3-5-7-17/h3-11,14H,12-13,15-16H2,1-2H3/b9-8-. The third-order valence-electron chi connectivity index (χ3n) is 4.75. The Bertz CT molecular complexity index is 985. The predicted molar refractivity (Wildman–Crippen MR) is 114 cm³/mol. The fraction of sp³-hybridized carbons (Fsp3) is 0.261. The molecule has 0 atom stereocenters. The van der Waals surface area contributed by atoms with E-state index >= 15 is 0 Å². The zero-order chi connectivity index (χ0) is 19.5. The first kappa shape index (κ1) is 18.7. The summed E-state index contributed by atoms with van der Waals surface area (Å²) in [4.78, 5) is 18.8. The summed E-state index contributed by atoms with van der Waals surface area (Å²) in [5.41, 5.74) is 2.29. The van der Waals surface area contributed by atoms with E-state index in [2.05, 4.69) is 35.3 Å². The highest BCUT2D eigenvalue weighted by atomic mass is 32.1. The lowest BCUT2D eigenvalue weighted by atomic mass is 10.1. The van der Waals surface area contributed by atoms with Crippen LogP contribution in [-0.2, 0) is 19.5 Å². The normalized spacial score (nSPS) is 14.0. The molecule has 2 aromatic heterocycles. The minimum absolute atomic E-state index is 0.102. The van der Waals surface area contributed by atoms with Gasteiger partial charge < -0.3 is 14.2 Å². The van der Waals surface area contributed by atoms with Crippen molar-refractivity contribution in [1.82, 2.24) is 9.80 Å². The number of furan rings is 1. The Morgan fingerprint density at radius 1 is 1.18 bits per heavy atom. The van der Waals surface area contributed by atoms with Gasteiger partial charge in [-0.05, 0) is 43.9 Å². The zero-order valence-electron chi connectivity index (χ0n) is 16.2. The third kappa shape index (κ3) is 4.26. The van der Waals surface area contributed by atoms with Crippen molar-refractivity contribution < 1.29 is 9.21 Å². The molecule has 144 valence electrons. The minimum Gasteiger partial charge on any atom is -0.464 e. The van der Waals surface area contributed by atoms with Crippen molar-refractivity contribution in [2.24, 2.45) is 0 Å². The van der Waals surface area contributed by atoms with Crippen LogP contribution in [0.3, 0.4) is 0 Å². The lowest BCUT2D eigenvalue weighted by molar-refractivity contribution is 0.0734. The highest BCUT2D eigenvalue weighted by Crippen LogP contribution is 2.27. The number of benzene rings is 1. The summed E-state index contributed by atoms with van der Waals surface area (Å²) in [5, 5.41) is 0. The average Bonchev–Trinajstić information content (AvgIpc) is 3.32. The van der Waals surface area contributed by atoms with Crippen molar-refractivity contribution in [2.75, 3.05) is 20.6 Å². The fourth-order valence-corrected chi connectivity index (χ4v) is 4.29. The number of hydrogen-bond acceptors (Lipinski definition) is 4. The van der Waals surface area contributed by atoms with Gasteiger partial charge in [0, 0.05) is 30.0 Å². The SMILES string of the molecule is CN(C)Cc1cc2c(o1)CCN(C(=O)c1ccc(/C=C\c3ccccc3)s1)C2. The molecule has 0 fully saturated rings. The van der Waals surface area contributed by atoms with E-state index in [9.17, 15) is 4.79 Å². The summed E-state index contributed by atoms with van der Waals surface area (Å²) in [6, 6.07) is 16.2. The Balaban J connectivity index is 1.43. The Hall–Kier alpha value is -2.63. The maximum Gasteiger partial charge on any atom is 0.264 e. The molecule has 4 nitrogen and oxygen atoms in total. The Morgan fingerprint density at radius 2 is 2.00 bits per heavy atom. The van der Waals surface area contributed by atoms with Gasteiger partial charge in [-0.15, -0.1) is 11.3 Å². The van der Waals surface area contributed by atoms with Crippen LogP contribution in [0.5, 0.6) is 0 Å². The molecule has 0 saturated heterocycles. The molecule has 1 amide bonds. The topological polar surface area (TPSA) is 36.7 Å². The summed E-state index contributed by atoms with van der Waals surface area (Å²) in [7, 11) is 4.05. The molecule has 1 aromatic carbocycles. The summed E-state index contributed by atoms with van der Waals surface area (Å²) in [6.45, 7) is 2.11. The summed E-state index contributed by atoms with van der Waals surface area (Å²) < 4.78 is 5.94. The summed E-state index contributed by atoms with van der Waals surface area (Å²) >= 11 is 1.54. The van der Waals surface area contributed by atoms with Gasteiger partial charge in [0.05, 0.1) is 11.4 Å². The molecule has 1 aliphatic heterocycles. The first-order chi connectivity index (χ1) is 13.6. The van der Waals surface area contributed by atoms with Crippen molar-refractivity contribution in [3.63, 3.8) is 0 Å². The second-order valence-corrected chi connectivity index (χ2v) is 8.44. The first-order valence-corrected chi connectivity index (χ1v) is 10.3. The van der Waals surface area contributed by atoms with Crippen LogP contribution in [0.1, 0.15) is 37.2 Å². The number of nitrogens with zero attached hydrogens (tertiary/aromatic N) is 2. The van der Waals surface area contributed by atoms with Gasteiger partial charge in [-0.3, -0.25) is 4.79 Å². The van der Waals surface area contributed by atoms with E-state index in [1.165, 1.54) is 0 Å². The van der Waals surface area contributed by atoms with Crippen LogP contribution in [0.25, 0.3) is 12.2 Å². The van der Waals surface area contributed by atoms with E-state index < -0.39 is 0 Å². The Kier molecular flexibility index (Phi) is 5.46. The van der Waals surface area contributed by atoms with Crippen LogP contribution in [0.4, 0.5) is 0 Å². The zero-order valence-corrected chi connectivity index (χ0v) is 17.0. The molecule has 0 N–H and O–H groups in total. The first-order valence-electron chi connectivity index (χ1n) is 9.46. The third-order valence-corrected chi connectivity index (χ3v) is 5.79. The number of carbonyl (C=O) groups excluding carboxylic acids is 1. The van der Waals surface area contributed by atoms with Crippen LogP contribution >= 0.6 is 11.3 Å². The van der Waals surface area contributed by atoms with E-state index in [4.69, 9.17) is 4.42 Å². The van der Waals surface area contributed by atoms with Gasteiger partial charge in [0.15, 0.2) is 0 Å². The van der Waals surface area contributed by atoms with Gasteiger partial charge in [0.2, 0.25) is 0 Å². The maximum absolute atomic E-state index is 13.0. The molecule has 0 radical (unpaired) electrons. The lowest BCUT2D eigenvalue weighted by Gasteiger charge is -2.25. The number of fused-ring (bicyclic) bond motifs is 1. The van der Waals surface area contributed by atoms with Gasteiger partial charge in [0.25, 0.3) is 5.91 Å². The minimum atomic E-state index is 0.102. The van der Waals surface area contributed by atoms with Crippen LogP contribution in [0.2, 0.25) is 0 Å². The van der Waals surface area contributed by atoms with E-state index in [0.29, 0.717) is 13.1 Å². The Labute approximate surface area is 169 Å². The molecule has 0 aliphatic carbocycles. The van der Waals surface area contributed by atoms with Gasteiger partial charge >= 0.3 is 0 Å². The van der Waals surface area contributed by atoms with Crippen molar-refractivity contribution in [3.05, 3.63) is 80.9 Å². The monoisotopic (exact) mass is 392 g/mol. The number of rotatable bonds is 5. The number of amides is 1. The number of thiophene rings is 1. The molecule has 28 heavy (non-hydrogen) atoms. The smallest absolute Gasteiger partial charge is 0.264 e. The lowest BCUT2D eigenvalue weighted by Crippen LogP contribution is -2.35. The van der Waals surface area contributed by atoms with E-state index in [-0.39, 0.29) is 5.91 Å². The maximum atomic E-state index is 13.0. The molecule has 0 spiro atoms. The quantitative estimate of drug-likeness (QED) is 0.627. The van der Waals surface area contributed by atoms with Gasteiger partial charge in [-0.2, -0.15) is 0 Å². The van der Waals surface area contributed by atoms with Crippen molar-refractivity contribution in [2.45, 2.75) is 19.5 Å². The molecule has 3 heterocycles. The fourth-order valence-electron chi connectivity index (χ4n) is 3.41. The molecule has 3 aromatic rings. The van der Waals surface area contributed by atoms with Crippen molar-refractivity contribution in [3.8, 4) is 0 Å². The van der Waals surface area contributed by atoms with Gasteiger partial charge in [0.1, 0.15) is 11.5 Å². The predicted octanol–water partition coefficient (Wildman–Crippen LogP) is 4.77. The summed E-state index contributed by atoms with van der Waals surface area (Å²) in [5.74, 6) is 2.10. The number of hydrogen-bond donors (Lipinski definition) is 0. The molecule has 1 aliphatic rings. The molecular formula is C23H24N2O2S. The van der Waals surface area contributed by atoms with Crippen LogP contribution in [-0.4, -0.2) is 36.3 Å². The number of carbonyl (C=O) groups is 1. The molecule has 0 unspecified atom stereocenters. The average molecular weight is 393 g/mol. The summed E-state index contributed by atoms with van der Waals surface area (Å²) in [6.07, 6.45) is 4.92. The molecule has 0 bridgehead atoms. The second-order valence-electron chi connectivity index (χ2n) is 7.32. The Morgan fingerprint density at radius 3 is 2.79 bits per heavy atom. The second kappa shape index (κ2) is 8.17. The highest BCUT2D eigenvalue weighted by molar-refractivity contribution is 7.14. The van der Waals surface area contributed by atoms with Crippen LogP contribution in [0, 0.1) is 0 Å². The highest BCUT2D eigenvalue weighted by Gasteiger charge is 2.25. The van der Waals surface area contributed by atoms with Gasteiger partial charge in [-0.25, -0.2) is 0 Å². The molecule has 5 heteroatoms.